The van der Waals surface area contributed by atoms with E-state index >= 15 is 0 Å². The largest absolute Gasteiger partial charge is 0.508 e. The molecule has 0 aliphatic rings. The van der Waals surface area contributed by atoms with Crippen molar-refractivity contribution in [3.05, 3.63) is 65.7 Å². The van der Waals surface area contributed by atoms with Crippen molar-refractivity contribution < 1.29 is 10.3 Å². The van der Waals surface area contributed by atoms with Crippen LogP contribution >= 0.6 is 0 Å². The van der Waals surface area contributed by atoms with Crippen molar-refractivity contribution in [2.75, 3.05) is 0 Å². The summed E-state index contributed by atoms with van der Waals surface area (Å²) in [6.45, 7) is 1.88. The van der Waals surface area contributed by atoms with Gasteiger partial charge >= 0.3 is 0 Å². The van der Waals surface area contributed by atoms with Crippen LogP contribution in [-0.4, -0.2) is 16.5 Å². The predicted octanol–water partition coefficient (Wildman–Crippen LogP) is 4.33. The maximum atomic E-state index is 9.67. The van der Waals surface area contributed by atoms with E-state index in [2.05, 4.69) is 5.16 Å². The molecule has 0 amide bonds. The van der Waals surface area contributed by atoms with Crippen LogP contribution in [0.15, 0.2) is 59.8 Å². The standard InChI is InChI=1S/C18H15NO2/c1-12-10-13(7-9-18(12)20)16-8-6-14(11-19-21)15-4-2-3-5-17(15)16/h2-11,20-21H,1H3/b19-11+. The minimum Gasteiger partial charge on any atom is -0.508 e. The fourth-order valence-corrected chi connectivity index (χ4v) is 2.57. The van der Waals surface area contributed by atoms with E-state index in [-0.39, 0.29) is 0 Å². The van der Waals surface area contributed by atoms with Crippen molar-refractivity contribution in [2.45, 2.75) is 6.92 Å². The third-order valence-corrected chi connectivity index (χ3v) is 3.66. The summed E-state index contributed by atoms with van der Waals surface area (Å²) in [5, 5.41) is 23.7. The molecule has 0 fully saturated rings. The molecule has 0 aliphatic carbocycles. The van der Waals surface area contributed by atoms with E-state index in [4.69, 9.17) is 5.21 Å². The van der Waals surface area contributed by atoms with E-state index in [1.807, 2.05) is 55.5 Å². The molecule has 0 radical (unpaired) electrons. The summed E-state index contributed by atoms with van der Waals surface area (Å²) in [5.74, 6) is 0.298. The smallest absolute Gasteiger partial charge is 0.118 e. The number of hydrogen-bond acceptors (Lipinski definition) is 3. The average Bonchev–Trinajstić information content (AvgIpc) is 2.51. The molecule has 0 bridgehead atoms. The Kier molecular flexibility index (Phi) is 3.32. The zero-order chi connectivity index (χ0) is 14.8. The number of phenolic OH excluding ortho intramolecular Hbond substituents is 1. The lowest BCUT2D eigenvalue weighted by atomic mass is 9.94. The highest BCUT2D eigenvalue weighted by atomic mass is 16.4. The fourth-order valence-electron chi connectivity index (χ4n) is 2.57. The first-order valence-electron chi connectivity index (χ1n) is 6.70. The molecule has 3 aromatic carbocycles. The number of fused-ring (bicyclic) bond motifs is 1. The highest BCUT2D eigenvalue weighted by Gasteiger charge is 2.08. The predicted molar refractivity (Wildman–Crippen MR) is 85.2 cm³/mol. The van der Waals surface area contributed by atoms with Crippen LogP contribution in [0.4, 0.5) is 0 Å². The van der Waals surface area contributed by atoms with Crippen LogP contribution in [-0.2, 0) is 0 Å². The van der Waals surface area contributed by atoms with Crippen LogP contribution in [0.1, 0.15) is 11.1 Å². The Morgan fingerprint density at radius 2 is 1.71 bits per heavy atom. The molecule has 0 atom stereocenters. The van der Waals surface area contributed by atoms with Gasteiger partial charge in [0, 0.05) is 5.56 Å². The molecule has 0 saturated carbocycles. The van der Waals surface area contributed by atoms with Crippen LogP contribution in [0.3, 0.4) is 0 Å². The third kappa shape index (κ3) is 2.34. The van der Waals surface area contributed by atoms with E-state index < -0.39 is 0 Å². The Balaban J connectivity index is 2.28. The maximum absolute atomic E-state index is 9.67. The molecule has 0 aliphatic heterocycles. The van der Waals surface area contributed by atoms with Crippen molar-refractivity contribution in [1.82, 2.24) is 0 Å². The van der Waals surface area contributed by atoms with Gasteiger partial charge in [-0.25, -0.2) is 0 Å². The molecule has 21 heavy (non-hydrogen) atoms. The molecule has 3 aromatic rings. The maximum Gasteiger partial charge on any atom is 0.118 e. The molecule has 2 N–H and O–H groups in total. The molecule has 3 rings (SSSR count). The molecule has 0 saturated heterocycles. The lowest BCUT2D eigenvalue weighted by molar-refractivity contribution is 0.322. The van der Waals surface area contributed by atoms with Gasteiger partial charge in [-0.1, -0.05) is 47.6 Å². The summed E-state index contributed by atoms with van der Waals surface area (Å²) in [6, 6.07) is 17.5. The van der Waals surface area contributed by atoms with Crippen molar-refractivity contribution in [3.63, 3.8) is 0 Å². The highest BCUT2D eigenvalue weighted by molar-refractivity contribution is 6.06. The molecule has 0 spiro atoms. The quantitative estimate of drug-likeness (QED) is 0.416. The zero-order valence-electron chi connectivity index (χ0n) is 11.6. The first-order chi connectivity index (χ1) is 10.2. The Labute approximate surface area is 122 Å². The van der Waals surface area contributed by atoms with Crippen LogP contribution in [0.5, 0.6) is 5.75 Å². The van der Waals surface area contributed by atoms with Gasteiger partial charge < -0.3 is 10.3 Å². The monoisotopic (exact) mass is 277 g/mol. The summed E-state index contributed by atoms with van der Waals surface area (Å²) >= 11 is 0. The number of aryl methyl sites for hydroxylation is 1. The van der Waals surface area contributed by atoms with E-state index in [0.717, 1.165) is 33.0 Å². The van der Waals surface area contributed by atoms with Gasteiger partial charge in [0.1, 0.15) is 5.75 Å². The third-order valence-electron chi connectivity index (χ3n) is 3.66. The number of aromatic hydroxyl groups is 1. The van der Waals surface area contributed by atoms with Crippen molar-refractivity contribution in [2.24, 2.45) is 5.16 Å². The summed E-state index contributed by atoms with van der Waals surface area (Å²) < 4.78 is 0. The van der Waals surface area contributed by atoms with Gasteiger partial charge in [-0.05, 0) is 46.5 Å². The number of benzene rings is 3. The average molecular weight is 277 g/mol. The van der Waals surface area contributed by atoms with Gasteiger partial charge in [-0.2, -0.15) is 0 Å². The summed E-state index contributed by atoms with van der Waals surface area (Å²) in [6.07, 6.45) is 1.44. The number of rotatable bonds is 2. The molecule has 0 aromatic heterocycles. The lowest BCUT2D eigenvalue weighted by Crippen LogP contribution is -1.88. The van der Waals surface area contributed by atoms with Crippen molar-refractivity contribution >= 4 is 17.0 Å². The molecular weight excluding hydrogens is 262 g/mol. The number of oxime groups is 1. The number of nitrogens with zero attached hydrogens (tertiary/aromatic N) is 1. The minimum atomic E-state index is 0.298. The molecule has 3 heteroatoms. The first-order valence-corrected chi connectivity index (χ1v) is 6.70. The molecule has 104 valence electrons. The van der Waals surface area contributed by atoms with Crippen LogP contribution in [0.25, 0.3) is 21.9 Å². The number of phenols is 1. The van der Waals surface area contributed by atoms with E-state index in [1.54, 1.807) is 6.07 Å². The molecular formula is C18H15NO2. The topological polar surface area (TPSA) is 52.8 Å². The van der Waals surface area contributed by atoms with E-state index in [9.17, 15) is 5.11 Å². The second-order valence-corrected chi connectivity index (χ2v) is 4.99. The van der Waals surface area contributed by atoms with Gasteiger partial charge in [0.25, 0.3) is 0 Å². The summed E-state index contributed by atoms with van der Waals surface area (Å²) in [4.78, 5) is 0. The van der Waals surface area contributed by atoms with Crippen molar-refractivity contribution in [3.8, 4) is 16.9 Å². The summed E-state index contributed by atoms with van der Waals surface area (Å²) in [7, 11) is 0. The second kappa shape index (κ2) is 5.29. The van der Waals surface area contributed by atoms with E-state index in [0.29, 0.717) is 5.75 Å². The Bertz CT molecular complexity index is 838. The summed E-state index contributed by atoms with van der Waals surface area (Å²) in [5.41, 5.74) is 3.85. The van der Waals surface area contributed by atoms with Crippen LogP contribution < -0.4 is 0 Å². The van der Waals surface area contributed by atoms with Gasteiger partial charge in [0.15, 0.2) is 0 Å². The Morgan fingerprint density at radius 3 is 2.43 bits per heavy atom. The van der Waals surface area contributed by atoms with Crippen molar-refractivity contribution in [1.29, 1.82) is 0 Å². The molecule has 0 heterocycles. The lowest BCUT2D eigenvalue weighted by Gasteiger charge is -2.10. The minimum absolute atomic E-state index is 0.298. The second-order valence-electron chi connectivity index (χ2n) is 4.99. The van der Waals surface area contributed by atoms with E-state index in [1.165, 1.54) is 6.21 Å². The van der Waals surface area contributed by atoms with Gasteiger partial charge in [-0.3, -0.25) is 0 Å². The molecule has 3 nitrogen and oxygen atoms in total. The highest BCUT2D eigenvalue weighted by Crippen LogP contribution is 2.32. The van der Waals surface area contributed by atoms with Gasteiger partial charge in [-0.15, -0.1) is 0 Å². The first kappa shape index (κ1) is 13.2. The van der Waals surface area contributed by atoms with Crippen LogP contribution in [0.2, 0.25) is 0 Å². The van der Waals surface area contributed by atoms with Gasteiger partial charge in [0.2, 0.25) is 0 Å². The molecule has 0 unspecified atom stereocenters. The SMILES string of the molecule is Cc1cc(-c2ccc(/C=N/O)c3ccccc23)ccc1O. The van der Waals surface area contributed by atoms with Crippen LogP contribution in [0, 0.1) is 6.92 Å². The normalized spacial score (nSPS) is 11.3. The fraction of sp³-hybridized carbons (Fsp3) is 0.0556. The Hall–Kier alpha value is -2.81. The number of hydrogen-bond donors (Lipinski definition) is 2. The Morgan fingerprint density at radius 1 is 0.952 bits per heavy atom. The zero-order valence-corrected chi connectivity index (χ0v) is 11.6. The van der Waals surface area contributed by atoms with Gasteiger partial charge in [0.05, 0.1) is 6.21 Å².